The summed E-state index contributed by atoms with van der Waals surface area (Å²) >= 11 is 1.02. The highest BCUT2D eigenvalue weighted by molar-refractivity contribution is 7.14. The Kier molecular flexibility index (Phi) is 3.85. The van der Waals surface area contributed by atoms with Crippen LogP contribution >= 0.6 is 11.5 Å². The van der Waals surface area contributed by atoms with Gasteiger partial charge in [-0.2, -0.15) is 3.96 Å². The summed E-state index contributed by atoms with van der Waals surface area (Å²) in [7, 11) is 1.98. The van der Waals surface area contributed by atoms with E-state index in [1.165, 1.54) is 0 Å². The molecule has 4 heterocycles. The number of rotatable bonds is 2. The van der Waals surface area contributed by atoms with E-state index in [4.69, 9.17) is 4.74 Å². The van der Waals surface area contributed by atoms with E-state index in [1.807, 2.05) is 7.05 Å². The predicted octanol–water partition coefficient (Wildman–Crippen LogP) is 1.44. The number of carbonyl (C=O) groups excluding carboxylic acids is 1. The quantitative estimate of drug-likeness (QED) is 0.746. The molecule has 0 saturated carbocycles. The fourth-order valence-corrected chi connectivity index (χ4v) is 3.48. The van der Waals surface area contributed by atoms with Gasteiger partial charge in [-0.25, -0.2) is 9.78 Å². The second-order valence-electron chi connectivity index (χ2n) is 5.62. The Morgan fingerprint density at radius 3 is 3.16 bits per heavy atom. The van der Waals surface area contributed by atoms with Crippen molar-refractivity contribution in [3.8, 4) is 5.75 Å². The number of amides is 1. The van der Waals surface area contributed by atoms with Gasteiger partial charge in [-0.05, 0) is 23.7 Å². The fraction of sp³-hybridized carbons (Fsp3) is 0.250. The van der Waals surface area contributed by atoms with Crippen molar-refractivity contribution in [2.24, 2.45) is 0 Å². The van der Waals surface area contributed by atoms with E-state index >= 15 is 0 Å². The van der Waals surface area contributed by atoms with E-state index in [1.54, 1.807) is 30.6 Å². The summed E-state index contributed by atoms with van der Waals surface area (Å²) in [4.78, 5) is 35.6. The van der Waals surface area contributed by atoms with E-state index in [0.29, 0.717) is 22.5 Å². The molecule has 25 heavy (non-hydrogen) atoms. The molecule has 0 aliphatic carbocycles. The van der Waals surface area contributed by atoms with Gasteiger partial charge in [0.25, 0.3) is 5.56 Å². The molecule has 3 aromatic rings. The van der Waals surface area contributed by atoms with Crippen molar-refractivity contribution in [3.05, 3.63) is 46.6 Å². The average molecular weight is 357 g/mol. The Balaban J connectivity index is 1.52. The lowest BCUT2D eigenvalue weighted by molar-refractivity contribution is 0.243. The van der Waals surface area contributed by atoms with Crippen molar-refractivity contribution in [2.75, 3.05) is 25.1 Å². The molecule has 0 fully saturated rings. The summed E-state index contributed by atoms with van der Waals surface area (Å²) in [6.45, 7) is 1.63. The first-order valence-corrected chi connectivity index (χ1v) is 8.49. The fourth-order valence-electron chi connectivity index (χ4n) is 2.62. The molecule has 9 heteroatoms. The van der Waals surface area contributed by atoms with Crippen LogP contribution in [0, 0.1) is 0 Å². The van der Waals surface area contributed by atoms with Gasteiger partial charge in [0.15, 0.2) is 0 Å². The van der Waals surface area contributed by atoms with E-state index in [2.05, 4.69) is 20.2 Å². The first-order valence-electron chi connectivity index (χ1n) is 7.71. The molecule has 1 aliphatic rings. The van der Waals surface area contributed by atoms with Gasteiger partial charge in [-0.3, -0.25) is 9.78 Å². The second kappa shape index (κ2) is 6.17. The molecule has 0 bridgehead atoms. The number of hydrogen-bond donors (Lipinski definition) is 1. The van der Waals surface area contributed by atoms with Crippen LogP contribution < -0.4 is 20.5 Å². The lowest BCUT2D eigenvalue weighted by Gasteiger charge is -2.27. The van der Waals surface area contributed by atoms with Gasteiger partial charge in [-0.1, -0.05) is 0 Å². The lowest BCUT2D eigenvalue weighted by Crippen LogP contribution is -2.33. The first-order chi connectivity index (χ1) is 12.1. The Labute approximate surface area is 146 Å². The molecule has 4 rings (SSSR count). The number of nitrogens with zero attached hydrogens (tertiary/aromatic N) is 4. The SMILES string of the molecule is CN1CCOc2cc(CNC(=O)n3sc4ncccc4c3=O)ncc21. The number of pyridine rings is 2. The van der Waals surface area contributed by atoms with E-state index in [9.17, 15) is 9.59 Å². The molecule has 8 nitrogen and oxygen atoms in total. The molecule has 1 N–H and O–H groups in total. The highest BCUT2D eigenvalue weighted by Crippen LogP contribution is 2.30. The van der Waals surface area contributed by atoms with Crippen molar-refractivity contribution in [1.82, 2.24) is 19.2 Å². The van der Waals surface area contributed by atoms with Crippen LogP contribution in [0.3, 0.4) is 0 Å². The number of likely N-dealkylation sites (N-methyl/N-ethyl adjacent to an activating group) is 1. The number of anilines is 1. The normalized spacial score (nSPS) is 13.4. The molecule has 128 valence electrons. The zero-order chi connectivity index (χ0) is 17.4. The van der Waals surface area contributed by atoms with E-state index < -0.39 is 6.03 Å². The molecule has 0 spiro atoms. The average Bonchev–Trinajstić information content (AvgIpc) is 2.97. The van der Waals surface area contributed by atoms with Gasteiger partial charge in [0.1, 0.15) is 17.2 Å². The summed E-state index contributed by atoms with van der Waals surface area (Å²) in [5, 5.41) is 3.15. The topological polar surface area (TPSA) is 89.4 Å². The lowest BCUT2D eigenvalue weighted by atomic mass is 10.2. The number of hydrogen-bond acceptors (Lipinski definition) is 7. The van der Waals surface area contributed by atoms with Crippen molar-refractivity contribution in [2.45, 2.75) is 6.54 Å². The maximum Gasteiger partial charge on any atom is 0.338 e. The number of fused-ring (bicyclic) bond motifs is 2. The summed E-state index contributed by atoms with van der Waals surface area (Å²) in [6, 6.07) is 4.64. The molecule has 0 radical (unpaired) electrons. The van der Waals surface area contributed by atoms with Crippen molar-refractivity contribution >= 4 is 33.5 Å². The Morgan fingerprint density at radius 1 is 1.44 bits per heavy atom. The van der Waals surface area contributed by atoms with Crippen LogP contribution in [0.1, 0.15) is 5.69 Å². The van der Waals surface area contributed by atoms with Crippen LogP contribution in [0.15, 0.2) is 35.4 Å². The van der Waals surface area contributed by atoms with Crippen molar-refractivity contribution in [3.63, 3.8) is 0 Å². The largest absolute Gasteiger partial charge is 0.489 e. The Bertz CT molecular complexity index is 1010. The maximum absolute atomic E-state index is 12.3. The second-order valence-corrected chi connectivity index (χ2v) is 6.55. The highest BCUT2D eigenvalue weighted by Gasteiger charge is 2.17. The summed E-state index contributed by atoms with van der Waals surface area (Å²) in [5.74, 6) is 0.747. The standard InChI is InChI=1S/C16H15N5O3S/c1-20-5-6-24-13-7-10(18-9-12(13)20)8-19-16(23)21-15(22)11-3-2-4-17-14(11)25-21/h2-4,7,9H,5-6,8H2,1H3,(H,19,23). The van der Waals surface area contributed by atoms with Gasteiger partial charge in [0, 0.05) is 19.3 Å². The summed E-state index contributed by atoms with van der Waals surface area (Å²) in [6.07, 6.45) is 3.32. The smallest absolute Gasteiger partial charge is 0.338 e. The molecule has 0 unspecified atom stereocenters. The Hall–Kier alpha value is -2.94. The van der Waals surface area contributed by atoms with Gasteiger partial charge in [0.2, 0.25) is 0 Å². The third kappa shape index (κ3) is 2.82. The summed E-state index contributed by atoms with van der Waals surface area (Å²) < 4.78 is 6.70. The molecule has 1 amide bonds. The van der Waals surface area contributed by atoms with Crippen LogP contribution in [0.2, 0.25) is 0 Å². The van der Waals surface area contributed by atoms with Crippen LogP contribution in [-0.2, 0) is 6.54 Å². The molecule has 0 atom stereocenters. The first kappa shape index (κ1) is 15.6. The highest BCUT2D eigenvalue weighted by atomic mass is 32.1. The van der Waals surface area contributed by atoms with Gasteiger partial charge < -0.3 is 15.0 Å². The van der Waals surface area contributed by atoms with Crippen molar-refractivity contribution < 1.29 is 9.53 Å². The third-order valence-corrected chi connectivity index (χ3v) is 4.98. The summed E-state index contributed by atoms with van der Waals surface area (Å²) in [5.41, 5.74) is 1.22. The van der Waals surface area contributed by atoms with Gasteiger partial charge >= 0.3 is 6.03 Å². The number of carbonyl (C=O) groups is 1. The van der Waals surface area contributed by atoms with Crippen LogP contribution in [0.4, 0.5) is 10.5 Å². The minimum atomic E-state index is -0.495. The molecule has 0 aromatic carbocycles. The molecule has 0 saturated heterocycles. The van der Waals surface area contributed by atoms with Crippen molar-refractivity contribution in [1.29, 1.82) is 0 Å². The third-order valence-electron chi connectivity index (χ3n) is 3.97. The number of nitrogens with one attached hydrogen (secondary N) is 1. The molecular weight excluding hydrogens is 342 g/mol. The number of ether oxygens (including phenoxy) is 1. The monoisotopic (exact) mass is 357 g/mol. The predicted molar refractivity (Wildman–Crippen MR) is 94.5 cm³/mol. The van der Waals surface area contributed by atoms with Gasteiger partial charge in [0.05, 0.1) is 36.1 Å². The zero-order valence-corrected chi connectivity index (χ0v) is 14.2. The van der Waals surface area contributed by atoms with Crippen LogP contribution in [0.5, 0.6) is 5.75 Å². The van der Waals surface area contributed by atoms with E-state index in [0.717, 1.165) is 33.5 Å². The molecule has 3 aromatic heterocycles. The maximum atomic E-state index is 12.3. The minimum absolute atomic E-state index is 0.202. The molecular formula is C16H15N5O3S. The van der Waals surface area contributed by atoms with Crippen LogP contribution in [0.25, 0.3) is 10.2 Å². The number of aromatic nitrogens is 3. The van der Waals surface area contributed by atoms with Gasteiger partial charge in [-0.15, -0.1) is 0 Å². The Morgan fingerprint density at radius 2 is 2.32 bits per heavy atom. The minimum Gasteiger partial charge on any atom is -0.489 e. The molecule has 1 aliphatic heterocycles. The zero-order valence-electron chi connectivity index (χ0n) is 13.4. The van der Waals surface area contributed by atoms with Crippen LogP contribution in [-0.4, -0.2) is 40.2 Å². The van der Waals surface area contributed by atoms with E-state index in [-0.39, 0.29) is 12.1 Å².